The van der Waals surface area contributed by atoms with Crippen LogP contribution in [0.1, 0.15) is 51.8 Å². The summed E-state index contributed by atoms with van der Waals surface area (Å²) in [7, 11) is 0. The van der Waals surface area contributed by atoms with Gasteiger partial charge in [0.1, 0.15) is 0 Å². The maximum absolute atomic E-state index is 5.15. The van der Waals surface area contributed by atoms with Crippen LogP contribution in [0.15, 0.2) is 93.9 Å². The quantitative estimate of drug-likeness (QED) is 0.128. The average molecular weight is 770 g/mol. The van der Waals surface area contributed by atoms with Crippen LogP contribution in [0.2, 0.25) is 0 Å². The van der Waals surface area contributed by atoms with Crippen molar-refractivity contribution in [1.29, 1.82) is 0 Å². The number of aryl methyl sites for hydroxylation is 4. The van der Waals surface area contributed by atoms with Crippen molar-refractivity contribution in [2.45, 2.75) is 40.5 Å². The summed E-state index contributed by atoms with van der Waals surface area (Å²) in [5.74, 6) is 8.94. The zero-order valence-electron chi connectivity index (χ0n) is 23.5. The number of ether oxygens (including phenoxy) is 1. The molecule has 0 radical (unpaired) electrons. The first-order valence-electron chi connectivity index (χ1n) is 13.1. The Kier molecular flexibility index (Phi) is 16.0. The smallest absolute Gasteiger partial charge is 0.0466 e. The second kappa shape index (κ2) is 18.9. The highest BCUT2D eigenvalue weighted by molar-refractivity contribution is 14.1. The fourth-order valence-corrected chi connectivity index (χ4v) is 4.60. The van der Waals surface area contributed by atoms with Crippen molar-refractivity contribution in [2.75, 3.05) is 13.2 Å². The summed E-state index contributed by atoms with van der Waals surface area (Å²) in [5.41, 5.74) is 8.10. The van der Waals surface area contributed by atoms with Crippen LogP contribution in [0.25, 0.3) is 0 Å². The summed E-state index contributed by atoms with van der Waals surface area (Å²) in [6, 6.07) is 28.6. The van der Waals surface area contributed by atoms with Gasteiger partial charge in [0.25, 0.3) is 0 Å². The SMILES string of the molecule is C#Cc1ccc(C)cc1.C1CCOC1.Cc1cc(Br)ccc1I.Cc1ccc(C#Cc2ccc(Br)cc2C)cc1. The van der Waals surface area contributed by atoms with Crippen molar-refractivity contribution in [2.24, 2.45) is 0 Å². The van der Waals surface area contributed by atoms with Gasteiger partial charge in [-0.2, -0.15) is 0 Å². The van der Waals surface area contributed by atoms with Gasteiger partial charge >= 0.3 is 0 Å². The van der Waals surface area contributed by atoms with Gasteiger partial charge in [0.2, 0.25) is 0 Å². The van der Waals surface area contributed by atoms with Crippen LogP contribution in [0.4, 0.5) is 0 Å². The first-order chi connectivity index (χ1) is 19.2. The number of halogens is 3. The maximum atomic E-state index is 5.15. The Hall–Kier alpha value is -2.35. The summed E-state index contributed by atoms with van der Waals surface area (Å²) in [6.45, 7) is 10.3. The third kappa shape index (κ3) is 13.8. The highest BCUT2D eigenvalue weighted by atomic mass is 127. The van der Waals surface area contributed by atoms with Gasteiger partial charge in [-0.3, -0.25) is 0 Å². The minimum absolute atomic E-state index is 0.945. The molecule has 206 valence electrons. The Labute approximate surface area is 271 Å². The minimum atomic E-state index is 0.945. The highest BCUT2D eigenvalue weighted by Gasteiger charge is 1.96. The molecular formula is C36H35Br2IO. The van der Waals surface area contributed by atoms with E-state index in [-0.39, 0.29) is 0 Å². The van der Waals surface area contributed by atoms with Crippen LogP contribution in [0, 0.1) is 55.4 Å². The molecule has 1 saturated heterocycles. The molecule has 0 unspecified atom stereocenters. The lowest BCUT2D eigenvalue weighted by Crippen LogP contribution is -1.82. The van der Waals surface area contributed by atoms with Crippen molar-refractivity contribution >= 4 is 54.5 Å². The van der Waals surface area contributed by atoms with Crippen LogP contribution in [0.5, 0.6) is 0 Å². The summed E-state index contributed by atoms with van der Waals surface area (Å²) >= 11 is 9.17. The molecule has 1 heterocycles. The predicted molar refractivity (Wildman–Crippen MR) is 187 cm³/mol. The van der Waals surface area contributed by atoms with Gasteiger partial charge in [-0.25, -0.2) is 0 Å². The van der Waals surface area contributed by atoms with E-state index in [1.807, 2.05) is 43.3 Å². The fraction of sp³-hybridized carbons (Fsp3) is 0.222. The normalized spacial score (nSPS) is 11.2. The molecule has 0 bridgehead atoms. The van der Waals surface area contributed by atoms with E-state index in [0.717, 1.165) is 38.8 Å². The van der Waals surface area contributed by atoms with E-state index in [2.05, 4.69) is 142 Å². The molecule has 0 spiro atoms. The lowest BCUT2D eigenvalue weighted by atomic mass is 10.1. The molecule has 0 saturated carbocycles. The number of hydrogen-bond donors (Lipinski definition) is 0. The van der Waals surface area contributed by atoms with Gasteiger partial charge in [-0.05, 0) is 135 Å². The van der Waals surface area contributed by atoms with Crippen LogP contribution in [0.3, 0.4) is 0 Å². The molecule has 1 nitrogen and oxygen atoms in total. The van der Waals surface area contributed by atoms with Gasteiger partial charge in [-0.1, -0.05) is 85.0 Å². The molecule has 0 aromatic heterocycles. The minimum Gasteiger partial charge on any atom is -0.381 e. The first kappa shape index (κ1) is 33.9. The van der Waals surface area contributed by atoms with Crippen LogP contribution in [-0.2, 0) is 4.74 Å². The van der Waals surface area contributed by atoms with Crippen LogP contribution < -0.4 is 0 Å². The van der Waals surface area contributed by atoms with Crippen LogP contribution in [-0.4, -0.2) is 13.2 Å². The zero-order chi connectivity index (χ0) is 29.3. The maximum Gasteiger partial charge on any atom is 0.0466 e. The molecule has 4 aromatic carbocycles. The van der Waals surface area contributed by atoms with Gasteiger partial charge in [0.05, 0.1) is 0 Å². The number of rotatable bonds is 0. The first-order valence-corrected chi connectivity index (χ1v) is 15.7. The number of hydrogen-bond acceptors (Lipinski definition) is 1. The molecule has 0 N–H and O–H groups in total. The molecular weight excluding hydrogens is 735 g/mol. The number of benzene rings is 4. The Bertz CT molecular complexity index is 1430. The molecule has 0 aliphatic carbocycles. The molecule has 1 aliphatic heterocycles. The van der Waals surface area contributed by atoms with E-state index >= 15 is 0 Å². The average Bonchev–Trinajstić information content (AvgIpc) is 3.53. The molecule has 4 aromatic rings. The monoisotopic (exact) mass is 768 g/mol. The van der Waals surface area contributed by atoms with Crippen molar-refractivity contribution < 1.29 is 4.74 Å². The molecule has 0 amide bonds. The summed E-state index contributed by atoms with van der Waals surface area (Å²) in [5, 5.41) is 0. The third-order valence-corrected chi connectivity index (χ3v) is 7.94. The Morgan fingerprint density at radius 3 is 1.57 bits per heavy atom. The topological polar surface area (TPSA) is 9.23 Å². The standard InChI is InChI=1S/C16H13Br.C9H8.C7H6BrI.C4H8O/c1-12-3-5-14(6-4-12)7-8-15-9-10-16(17)11-13(15)2;1-3-9-6-4-8(2)5-7-9;1-5-4-6(8)2-3-7(5)9;1-2-4-5-3-1/h3-6,9-11H,1-2H3;1,4-7H,2H3;2-4H,1H3;1-4H2. The van der Waals surface area contributed by atoms with Crippen molar-refractivity contribution in [3.63, 3.8) is 0 Å². The van der Waals surface area contributed by atoms with E-state index in [1.165, 1.54) is 38.7 Å². The van der Waals surface area contributed by atoms with E-state index < -0.39 is 0 Å². The Balaban J connectivity index is 0.000000206. The summed E-state index contributed by atoms with van der Waals surface area (Å²) in [4.78, 5) is 0. The number of terminal acetylenes is 1. The summed E-state index contributed by atoms with van der Waals surface area (Å²) in [6.07, 6.45) is 7.71. The fourth-order valence-electron chi connectivity index (χ4n) is 3.31. The molecule has 5 rings (SSSR count). The van der Waals surface area contributed by atoms with Gasteiger partial charge < -0.3 is 4.74 Å². The van der Waals surface area contributed by atoms with Crippen molar-refractivity contribution in [3.8, 4) is 24.2 Å². The third-order valence-electron chi connectivity index (χ3n) is 5.75. The van der Waals surface area contributed by atoms with Crippen LogP contribution >= 0.6 is 54.5 Å². The molecule has 40 heavy (non-hydrogen) atoms. The molecule has 1 aliphatic rings. The van der Waals surface area contributed by atoms with Crippen molar-refractivity contribution in [3.05, 3.63) is 136 Å². The molecule has 4 heteroatoms. The van der Waals surface area contributed by atoms with Gasteiger partial charge in [-0.15, -0.1) is 6.42 Å². The second-order valence-electron chi connectivity index (χ2n) is 9.30. The molecule has 0 atom stereocenters. The van der Waals surface area contributed by atoms with Gasteiger partial charge in [0.15, 0.2) is 0 Å². The van der Waals surface area contributed by atoms with E-state index in [1.54, 1.807) is 0 Å². The van der Waals surface area contributed by atoms with Crippen molar-refractivity contribution in [1.82, 2.24) is 0 Å². The lowest BCUT2D eigenvalue weighted by molar-refractivity contribution is 0.198. The van der Waals surface area contributed by atoms with E-state index in [9.17, 15) is 0 Å². The Morgan fingerprint density at radius 2 is 1.15 bits per heavy atom. The van der Waals surface area contributed by atoms with E-state index in [0.29, 0.717) is 0 Å². The largest absolute Gasteiger partial charge is 0.381 e. The second-order valence-corrected chi connectivity index (χ2v) is 12.3. The van der Waals surface area contributed by atoms with E-state index in [4.69, 9.17) is 11.2 Å². The van der Waals surface area contributed by atoms with Gasteiger partial charge in [0, 0.05) is 42.4 Å². The molecule has 1 fully saturated rings. The Morgan fingerprint density at radius 1 is 0.650 bits per heavy atom. The predicted octanol–water partition coefficient (Wildman–Crippen LogP) is 10.6. The lowest BCUT2D eigenvalue weighted by Gasteiger charge is -1.98. The zero-order valence-corrected chi connectivity index (χ0v) is 28.9. The summed E-state index contributed by atoms with van der Waals surface area (Å²) < 4.78 is 8.51. The highest BCUT2D eigenvalue weighted by Crippen LogP contribution is 2.17.